The van der Waals surface area contributed by atoms with Crippen LogP contribution in [-0.4, -0.2) is 19.6 Å². The van der Waals surface area contributed by atoms with Crippen molar-refractivity contribution in [2.45, 2.75) is 13.3 Å². The van der Waals surface area contributed by atoms with Crippen LogP contribution in [0.3, 0.4) is 0 Å². The number of hydrogen-bond donors (Lipinski definition) is 2. The van der Waals surface area contributed by atoms with E-state index in [1.165, 1.54) is 0 Å². The molecule has 0 saturated heterocycles. The van der Waals surface area contributed by atoms with Gasteiger partial charge in [0.1, 0.15) is 11.5 Å². The molecule has 22 heavy (non-hydrogen) atoms. The van der Waals surface area contributed by atoms with E-state index < -0.39 is 0 Å². The first-order valence-electron chi connectivity index (χ1n) is 7.02. The second-order valence-corrected chi connectivity index (χ2v) is 4.87. The van der Waals surface area contributed by atoms with Crippen LogP contribution in [0.15, 0.2) is 42.5 Å². The highest BCUT2D eigenvalue weighted by atomic mass is 16.5. The predicted molar refractivity (Wildman–Crippen MR) is 87.3 cm³/mol. The zero-order valence-electron chi connectivity index (χ0n) is 12.8. The van der Waals surface area contributed by atoms with Gasteiger partial charge in [-0.1, -0.05) is 18.2 Å². The van der Waals surface area contributed by atoms with Crippen LogP contribution in [0.25, 0.3) is 0 Å². The highest BCUT2D eigenvalue weighted by molar-refractivity contribution is 5.94. The monoisotopic (exact) mass is 300 g/mol. The van der Waals surface area contributed by atoms with Gasteiger partial charge in [-0.3, -0.25) is 4.79 Å². The van der Waals surface area contributed by atoms with Crippen LogP contribution in [0, 0.1) is 6.92 Å². The number of aryl methyl sites for hydroxylation is 1. The van der Waals surface area contributed by atoms with Crippen molar-refractivity contribution >= 4 is 17.3 Å². The zero-order valence-corrected chi connectivity index (χ0v) is 12.8. The molecular weight excluding hydrogens is 280 g/mol. The van der Waals surface area contributed by atoms with Gasteiger partial charge in [0, 0.05) is 6.07 Å². The van der Waals surface area contributed by atoms with E-state index >= 15 is 0 Å². The Hall–Kier alpha value is -2.69. The van der Waals surface area contributed by atoms with Crippen molar-refractivity contribution in [1.29, 1.82) is 0 Å². The lowest BCUT2D eigenvalue weighted by Crippen LogP contribution is -2.16. The van der Waals surface area contributed by atoms with Crippen molar-refractivity contribution in [2.75, 3.05) is 24.8 Å². The second kappa shape index (κ2) is 7.36. The smallest absolute Gasteiger partial charge is 0.227 e. The van der Waals surface area contributed by atoms with E-state index in [2.05, 4.69) is 5.32 Å². The Morgan fingerprint density at radius 1 is 1.23 bits per heavy atom. The quantitative estimate of drug-likeness (QED) is 0.804. The van der Waals surface area contributed by atoms with Gasteiger partial charge in [-0.25, -0.2) is 0 Å². The molecule has 0 aliphatic heterocycles. The number of hydrogen-bond acceptors (Lipinski definition) is 4. The summed E-state index contributed by atoms with van der Waals surface area (Å²) in [6.45, 7) is 2.28. The van der Waals surface area contributed by atoms with Crippen LogP contribution in [-0.2, 0) is 4.79 Å². The summed E-state index contributed by atoms with van der Waals surface area (Å²) in [5, 5.41) is 2.76. The molecule has 0 aromatic heterocycles. The minimum Gasteiger partial charge on any atom is -0.497 e. The molecule has 0 heterocycles. The maximum atomic E-state index is 11.9. The van der Waals surface area contributed by atoms with Crippen molar-refractivity contribution in [3.05, 3.63) is 48.0 Å². The van der Waals surface area contributed by atoms with Crippen LogP contribution >= 0.6 is 0 Å². The molecule has 2 aromatic carbocycles. The van der Waals surface area contributed by atoms with Gasteiger partial charge in [0.05, 0.1) is 31.5 Å². The summed E-state index contributed by atoms with van der Waals surface area (Å²) < 4.78 is 10.7. The van der Waals surface area contributed by atoms with Crippen molar-refractivity contribution < 1.29 is 14.3 Å². The standard InChI is InChI=1S/C17H20N2O3/c1-12-5-3-4-6-16(12)22-10-9-17(20)19-15-8-7-13(21-2)11-14(15)18/h3-8,11H,9-10,18H2,1-2H3,(H,19,20). The average molecular weight is 300 g/mol. The fraction of sp³-hybridized carbons (Fsp3) is 0.235. The normalized spacial score (nSPS) is 10.1. The molecule has 2 aromatic rings. The van der Waals surface area contributed by atoms with Gasteiger partial charge in [0.25, 0.3) is 0 Å². The summed E-state index contributed by atoms with van der Waals surface area (Å²) in [5.41, 5.74) is 7.94. The highest BCUT2D eigenvalue weighted by Crippen LogP contribution is 2.24. The molecule has 1 amide bonds. The lowest BCUT2D eigenvalue weighted by molar-refractivity contribution is -0.116. The van der Waals surface area contributed by atoms with Crippen LogP contribution in [0.2, 0.25) is 0 Å². The van der Waals surface area contributed by atoms with E-state index in [-0.39, 0.29) is 12.3 Å². The summed E-state index contributed by atoms with van der Waals surface area (Å²) in [7, 11) is 1.57. The molecule has 0 spiro atoms. The fourth-order valence-corrected chi connectivity index (χ4v) is 1.97. The number of carbonyl (C=O) groups excluding carboxylic acids is 1. The largest absolute Gasteiger partial charge is 0.497 e. The van der Waals surface area contributed by atoms with E-state index in [1.54, 1.807) is 25.3 Å². The molecule has 0 unspecified atom stereocenters. The molecule has 0 radical (unpaired) electrons. The van der Waals surface area contributed by atoms with Gasteiger partial charge >= 0.3 is 0 Å². The number of nitrogen functional groups attached to an aromatic ring is 1. The van der Waals surface area contributed by atoms with Gasteiger partial charge < -0.3 is 20.5 Å². The van der Waals surface area contributed by atoms with Gasteiger partial charge in [-0.2, -0.15) is 0 Å². The molecule has 5 heteroatoms. The molecule has 0 fully saturated rings. The average Bonchev–Trinajstić information content (AvgIpc) is 2.51. The maximum Gasteiger partial charge on any atom is 0.227 e. The number of nitrogens with two attached hydrogens (primary N) is 1. The van der Waals surface area contributed by atoms with E-state index in [0.717, 1.165) is 11.3 Å². The molecular formula is C17H20N2O3. The minimum atomic E-state index is -0.148. The number of amides is 1. The zero-order chi connectivity index (χ0) is 15.9. The number of para-hydroxylation sites is 1. The number of benzene rings is 2. The van der Waals surface area contributed by atoms with E-state index in [9.17, 15) is 4.79 Å². The lowest BCUT2D eigenvalue weighted by Gasteiger charge is -2.11. The third kappa shape index (κ3) is 4.15. The third-order valence-corrected chi connectivity index (χ3v) is 3.21. The van der Waals surface area contributed by atoms with Crippen molar-refractivity contribution in [3.8, 4) is 11.5 Å². The number of anilines is 2. The highest BCUT2D eigenvalue weighted by Gasteiger charge is 2.07. The molecule has 0 atom stereocenters. The summed E-state index contributed by atoms with van der Waals surface area (Å²) >= 11 is 0. The second-order valence-electron chi connectivity index (χ2n) is 4.87. The molecule has 0 bridgehead atoms. The van der Waals surface area contributed by atoms with Crippen molar-refractivity contribution in [3.63, 3.8) is 0 Å². The van der Waals surface area contributed by atoms with E-state index in [1.807, 2.05) is 31.2 Å². The molecule has 2 rings (SSSR count). The molecule has 0 saturated carbocycles. The third-order valence-electron chi connectivity index (χ3n) is 3.21. The van der Waals surface area contributed by atoms with E-state index in [0.29, 0.717) is 23.7 Å². The summed E-state index contributed by atoms with van der Waals surface area (Å²) in [6.07, 6.45) is 0.250. The Labute approximate surface area is 130 Å². The number of nitrogens with one attached hydrogen (secondary N) is 1. The summed E-state index contributed by atoms with van der Waals surface area (Å²) in [6, 6.07) is 12.8. The lowest BCUT2D eigenvalue weighted by atomic mass is 10.2. The maximum absolute atomic E-state index is 11.9. The number of rotatable bonds is 6. The molecule has 3 N–H and O–H groups in total. The SMILES string of the molecule is COc1ccc(NC(=O)CCOc2ccccc2C)c(N)c1. The number of methoxy groups -OCH3 is 1. The Balaban J connectivity index is 1.84. The molecule has 116 valence electrons. The summed E-state index contributed by atoms with van der Waals surface area (Å²) in [5.74, 6) is 1.29. The minimum absolute atomic E-state index is 0.148. The Bertz CT molecular complexity index is 656. The first-order valence-corrected chi connectivity index (χ1v) is 7.02. The summed E-state index contributed by atoms with van der Waals surface area (Å²) in [4.78, 5) is 11.9. The first kappa shape index (κ1) is 15.7. The Morgan fingerprint density at radius 3 is 2.68 bits per heavy atom. The van der Waals surface area contributed by atoms with Crippen LogP contribution in [0.5, 0.6) is 11.5 Å². The fourth-order valence-electron chi connectivity index (χ4n) is 1.97. The molecule has 0 aliphatic carbocycles. The molecule has 0 aliphatic rings. The number of ether oxygens (including phenoxy) is 2. The van der Waals surface area contributed by atoms with Gasteiger partial charge in [0.15, 0.2) is 0 Å². The van der Waals surface area contributed by atoms with Gasteiger partial charge in [0.2, 0.25) is 5.91 Å². The Morgan fingerprint density at radius 2 is 2.00 bits per heavy atom. The van der Waals surface area contributed by atoms with Crippen LogP contribution in [0.1, 0.15) is 12.0 Å². The van der Waals surface area contributed by atoms with Gasteiger partial charge in [-0.15, -0.1) is 0 Å². The van der Waals surface area contributed by atoms with Crippen LogP contribution in [0.4, 0.5) is 11.4 Å². The molecule has 5 nitrogen and oxygen atoms in total. The predicted octanol–water partition coefficient (Wildman–Crippen LogP) is 2.99. The van der Waals surface area contributed by atoms with Crippen LogP contribution < -0.4 is 20.5 Å². The Kier molecular flexibility index (Phi) is 5.25. The first-order chi connectivity index (χ1) is 10.6. The topological polar surface area (TPSA) is 73.6 Å². The van der Waals surface area contributed by atoms with E-state index in [4.69, 9.17) is 15.2 Å². The van der Waals surface area contributed by atoms with Gasteiger partial charge in [-0.05, 0) is 30.7 Å². The number of carbonyl (C=O) groups is 1. The van der Waals surface area contributed by atoms with Crippen molar-refractivity contribution in [1.82, 2.24) is 0 Å². The van der Waals surface area contributed by atoms with Crippen molar-refractivity contribution in [2.24, 2.45) is 0 Å².